The summed E-state index contributed by atoms with van der Waals surface area (Å²) in [7, 11) is 0. The lowest BCUT2D eigenvalue weighted by atomic mass is 10.0. The summed E-state index contributed by atoms with van der Waals surface area (Å²) in [4.78, 5) is 27.9. The van der Waals surface area contributed by atoms with Gasteiger partial charge in [0, 0.05) is 6.07 Å². The molecular weight excluding hydrogens is 409 g/mol. The molecule has 2 rings (SSSR count). The van der Waals surface area contributed by atoms with Crippen LogP contribution in [0.4, 0.5) is 4.39 Å². The highest BCUT2D eigenvalue weighted by molar-refractivity contribution is 6.32. The van der Waals surface area contributed by atoms with Gasteiger partial charge in [-0.05, 0) is 37.1 Å². The maximum atomic E-state index is 13.1. The van der Waals surface area contributed by atoms with Gasteiger partial charge < -0.3 is 19.6 Å². The van der Waals surface area contributed by atoms with E-state index in [9.17, 15) is 9.18 Å². The first-order valence-corrected chi connectivity index (χ1v) is 9.85. The Labute approximate surface area is 184 Å². The first-order chi connectivity index (χ1) is 14.5. The van der Waals surface area contributed by atoms with Crippen LogP contribution in [0.5, 0.6) is 5.75 Å². The molecule has 0 saturated carbocycles. The van der Waals surface area contributed by atoms with Crippen LogP contribution in [0.15, 0.2) is 42.5 Å². The van der Waals surface area contributed by atoms with E-state index in [4.69, 9.17) is 25.9 Å². The molecule has 7 heteroatoms. The number of hydrogen-bond acceptors (Lipinski definition) is 4. The van der Waals surface area contributed by atoms with Crippen LogP contribution in [0.1, 0.15) is 51.8 Å². The van der Waals surface area contributed by atoms with Crippen molar-refractivity contribution in [2.24, 2.45) is 0 Å². The molecule has 0 heterocycles. The molecule has 0 aliphatic carbocycles. The van der Waals surface area contributed by atoms with Crippen LogP contribution in [0.2, 0.25) is 5.02 Å². The van der Waals surface area contributed by atoms with Gasteiger partial charge in [-0.3, -0.25) is 4.79 Å². The van der Waals surface area contributed by atoms with E-state index < -0.39 is 5.82 Å². The predicted octanol–water partition coefficient (Wildman–Crippen LogP) is 5.73. The van der Waals surface area contributed by atoms with Crippen molar-refractivity contribution in [2.45, 2.75) is 47.6 Å². The van der Waals surface area contributed by atoms with E-state index in [0.29, 0.717) is 0 Å². The number of carbonyl (C=O) groups excluding carboxylic acids is 3. The lowest BCUT2D eigenvalue weighted by molar-refractivity contribution is -0.123. The Hall–Kier alpha value is -2.73. The second kappa shape index (κ2) is 21.0. The molecule has 2 aromatic carbocycles. The average Bonchev–Trinajstić information content (AvgIpc) is 2.80. The number of amides is 1. The molecule has 0 aliphatic heterocycles. The molecule has 1 unspecified atom stereocenters. The lowest BCUT2D eigenvalue weighted by Gasteiger charge is -2.17. The Morgan fingerprint density at radius 2 is 1.60 bits per heavy atom. The maximum Gasteiger partial charge on any atom is 0.258 e. The van der Waals surface area contributed by atoms with Crippen molar-refractivity contribution in [3.63, 3.8) is 0 Å². The molecule has 0 saturated heterocycles. The van der Waals surface area contributed by atoms with Gasteiger partial charge in [-0.15, -0.1) is 0 Å². The first-order valence-electron chi connectivity index (χ1n) is 9.48. The van der Waals surface area contributed by atoms with Crippen molar-refractivity contribution in [1.82, 2.24) is 5.32 Å². The molecule has 30 heavy (non-hydrogen) atoms. The summed E-state index contributed by atoms with van der Waals surface area (Å²) in [5.74, 6) is -0.607. The van der Waals surface area contributed by atoms with E-state index in [2.05, 4.69) is 5.32 Å². The van der Waals surface area contributed by atoms with E-state index in [1.807, 2.05) is 79.4 Å². The molecule has 0 radical (unpaired) electrons. The highest BCUT2D eigenvalue weighted by atomic mass is 35.5. The number of halogens is 2. The van der Waals surface area contributed by atoms with Crippen molar-refractivity contribution < 1.29 is 23.5 Å². The number of ether oxygens (including phenoxy) is 1. The molecule has 1 amide bonds. The Balaban J connectivity index is -0.000000815. The maximum absolute atomic E-state index is 13.1. The Bertz CT molecular complexity index is 711. The number of hydrogen-bond donors (Lipinski definition) is 1. The molecule has 0 bridgehead atoms. The van der Waals surface area contributed by atoms with Gasteiger partial charge in [0.1, 0.15) is 25.1 Å². The molecule has 168 valence electrons. The summed E-state index contributed by atoms with van der Waals surface area (Å²) in [6, 6.07) is 11.5. The quantitative estimate of drug-likeness (QED) is 0.643. The van der Waals surface area contributed by atoms with Crippen molar-refractivity contribution in [2.75, 3.05) is 6.61 Å². The standard InChI is InChI=1S/C17H17ClFNO2.2C2H6.2CH2O/c1-11-5-3-4-6-14(11)12(2)20-17(21)10-22-16-9-13(19)7-8-15(16)18;4*1-2/h3-9,12H,10H2,1-2H3,(H,20,21);2*1-2H3;2*1H2. The number of aryl methyl sites for hydroxylation is 1. The fourth-order valence-corrected chi connectivity index (χ4v) is 2.34. The largest absolute Gasteiger partial charge is 0.482 e. The smallest absolute Gasteiger partial charge is 0.258 e. The van der Waals surface area contributed by atoms with Crippen LogP contribution in [-0.4, -0.2) is 26.1 Å². The monoisotopic (exact) mass is 441 g/mol. The van der Waals surface area contributed by atoms with Gasteiger partial charge >= 0.3 is 0 Å². The van der Waals surface area contributed by atoms with E-state index in [1.165, 1.54) is 12.1 Å². The van der Waals surface area contributed by atoms with Gasteiger partial charge in [-0.25, -0.2) is 4.39 Å². The molecule has 1 N–H and O–H groups in total. The third kappa shape index (κ3) is 12.7. The Morgan fingerprint density at radius 3 is 2.13 bits per heavy atom. The Kier molecular flexibility index (Phi) is 22.4. The molecule has 1 atom stereocenters. The normalized spacial score (nSPS) is 9.33. The highest BCUT2D eigenvalue weighted by Gasteiger charge is 2.12. The lowest BCUT2D eigenvalue weighted by Crippen LogP contribution is -2.31. The predicted molar refractivity (Wildman–Crippen MR) is 122 cm³/mol. The highest BCUT2D eigenvalue weighted by Crippen LogP contribution is 2.24. The molecule has 0 aromatic heterocycles. The number of nitrogens with one attached hydrogen (secondary N) is 1. The molecule has 0 fully saturated rings. The second-order valence-corrected chi connectivity index (χ2v) is 5.42. The number of rotatable bonds is 5. The summed E-state index contributed by atoms with van der Waals surface area (Å²) in [6.07, 6.45) is 0. The zero-order valence-electron chi connectivity index (χ0n) is 18.6. The van der Waals surface area contributed by atoms with Gasteiger partial charge in [-0.1, -0.05) is 63.6 Å². The molecule has 0 aliphatic rings. The van der Waals surface area contributed by atoms with Gasteiger partial charge in [0.25, 0.3) is 5.91 Å². The minimum atomic E-state index is -0.465. The van der Waals surface area contributed by atoms with Crippen molar-refractivity contribution >= 4 is 31.1 Å². The van der Waals surface area contributed by atoms with Gasteiger partial charge in [0.05, 0.1) is 11.1 Å². The third-order valence-electron chi connectivity index (χ3n) is 3.28. The fourth-order valence-electron chi connectivity index (χ4n) is 2.16. The summed E-state index contributed by atoms with van der Waals surface area (Å²) in [5, 5.41) is 3.11. The van der Waals surface area contributed by atoms with Gasteiger partial charge in [0.15, 0.2) is 6.61 Å². The van der Waals surface area contributed by atoms with Crippen LogP contribution >= 0.6 is 11.6 Å². The van der Waals surface area contributed by atoms with E-state index in [1.54, 1.807) is 0 Å². The summed E-state index contributed by atoms with van der Waals surface area (Å²) in [5.41, 5.74) is 2.14. The number of carbonyl (C=O) groups is 3. The van der Waals surface area contributed by atoms with Crippen LogP contribution in [-0.2, 0) is 14.4 Å². The molecule has 2 aromatic rings. The molecular formula is C23H33ClFNO4. The van der Waals surface area contributed by atoms with Crippen molar-refractivity contribution in [1.29, 1.82) is 0 Å². The second-order valence-electron chi connectivity index (χ2n) is 5.01. The van der Waals surface area contributed by atoms with Crippen molar-refractivity contribution in [3.8, 4) is 5.75 Å². The van der Waals surface area contributed by atoms with Crippen LogP contribution in [0, 0.1) is 12.7 Å². The van der Waals surface area contributed by atoms with E-state index in [-0.39, 0.29) is 29.3 Å². The van der Waals surface area contributed by atoms with Crippen LogP contribution < -0.4 is 10.1 Å². The zero-order valence-corrected chi connectivity index (χ0v) is 19.4. The molecule has 5 nitrogen and oxygen atoms in total. The minimum Gasteiger partial charge on any atom is -0.482 e. The van der Waals surface area contributed by atoms with Gasteiger partial charge in [0.2, 0.25) is 0 Å². The fraction of sp³-hybridized carbons (Fsp3) is 0.348. The SMILES string of the molecule is C=O.C=O.CC.CC.Cc1ccccc1C(C)NC(=O)COc1cc(F)ccc1Cl. The summed E-state index contributed by atoms with van der Waals surface area (Å²) >= 11 is 5.88. The molecule has 0 spiro atoms. The zero-order chi connectivity index (χ0) is 24.1. The van der Waals surface area contributed by atoms with E-state index >= 15 is 0 Å². The number of benzene rings is 2. The minimum absolute atomic E-state index is 0.139. The van der Waals surface area contributed by atoms with E-state index in [0.717, 1.165) is 17.2 Å². The third-order valence-corrected chi connectivity index (χ3v) is 3.60. The van der Waals surface area contributed by atoms with Gasteiger partial charge in [-0.2, -0.15) is 0 Å². The summed E-state index contributed by atoms with van der Waals surface area (Å²) < 4.78 is 18.4. The summed E-state index contributed by atoms with van der Waals surface area (Å²) in [6.45, 7) is 15.7. The Morgan fingerprint density at radius 1 is 1.07 bits per heavy atom. The van der Waals surface area contributed by atoms with Crippen LogP contribution in [0.3, 0.4) is 0 Å². The topological polar surface area (TPSA) is 72.5 Å². The van der Waals surface area contributed by atoms with Crippen molar-refractivity contribution in [3.05, 3.63) is 64.4 Å². The average molecular weight is 442 g/mol. The first kappa shape index (κ1) is 31.9. The van der Waals surface area contributed by atoms with Crippen LogP contribution in [0.25, 0.3) is 0 Å².